The van der Waals surface area contributed by atoms with Crippen LogP contribution in [0.5, 0.6) is 0 Å². The van der Waals surface area contributed by atoms with Crippen molar-refractivity contribution in [2.24, 2.45) is 0 Å². The van der Waals surface area contributed by atoms with Crippen molar-refractivity contribution in [1.29, 1.82) is 0 Å². The van der Waals surface area contributed by atoms with Gasteiger partial charge in [-0.15, -0.1) is 0 Å². The zero-order valence-corrected chi connectivity index (χ0v) is 28.4. The Labute approximate surface area is 319 Å². The molecule has 62 heavy (non-hydrogen) atoms. The summed E-state index contributed by atoms with van der Waals surface area (Å²) in [5.41, 5.74) is -1.60. The fraction of sp³-hybridized carbons (Fsp3) is 0.786. The molecule has 0 nitrogen and oxygen atoms in total. The molecule has 0 atom stereocenters. The minimum atomic E-state index is -8.94. The molecule has 0 saturated heterocycles. The van der Waals surface area contributed by atoms with E-state index in [1.165, 1.54) is 0 Å². The predicted molar refractivity (Wildman–Crippen MR) is 134 cm³/mol. The summed E-state index contributed by atoms with van der Waals surface area (Å²) in [6, 6.07) is 2.53. The molecule has 0 aliphatic heterocycles. The Morgan fingerprint density at radius 2 is 0.419 bits per heavy atom. The van der Waals surface area contributed by atoms with Gasteiger partial charge in [-0.3, -0.25) is 0 Å². The van der Waals surface area contributed by atoms with Crippen LogP contribution in [0.15, 0.2) is 24.3 Å². The summed E-state index contributed by atoms with van der Waals surface area (Å²) in [6.07, 6.45) is -28.8. The second-order valence-electron chi connectivity index (χ2n) is 12.8. The first kappa shape index (κ1) is 56.9. The van der Waals surface area contributed by atoms with Crippen LogP contribution in [-0.4, -0.2) is 95.3 Å². The third kappa shape index (κ3) is 8.11. The fourth-order valence-electron chi connectivity index (χ4n) is 4.75. The van der Waals surface area contributed by atoms with E-state index in [0.717, 1.165) is 12.1 Å². The third-order valence-corrected chi connectivity index (χ3v) is 8.57. The first-order valence-corrected chi connectivity index (χ1v) is 15.2. The Bertz CT molecular complexity index is 1570. The van der Waals surface area contributed by atoms with Crippen molar-refractivity contribution in [1.82, 2.24) is 0 Å². The molecule has 0 spiro atoms. The number of benzene rings is 1. The highest BCUT2D eigenvalue weighted by Gasteiger charge is 2.96. The second-order valence-corrected chi connectivity index (χ2v) is 12.8. The van der Waals surface area contributed by atoms with Crippen molar-refractivity contribution >= 4 is 0 Å². The molecule has 0 unspecified atom stereocenters. The molecule has 1 aromatic rings. The molecule has 0 radical (unpaired) electrons. The minimum Gasteiger partial charge on any atom is -0.200 e. The Kier molecular flexibility index (Phi) is 14.5. The second kappa shape index (κ2) is 15.8. The van der Waals surface area contributed by atoms with E-state index in [-0.39, 0.29) is 0 Å². The molecular weight excluding hydrogens is 982 g/mol. The smallest absolute Gasteiger partial charge is 0.200 e. The van der Waals surface area contributed by atoms with E-state index in [0.29, 0.717) is 12.1 Å². The number of halogens is 34. The zero-order valence-electron chi connectivity index (χ0n) is 28.4. The summed E-state index contributed by atoms with van der Waals surface area (Å²) in [6.45, 7) is 0. The Morgan fingerprint density at radius 3 is 0.613 bits per heavy atom. The van der Waals surface area contributed by atoms with Crippen molar-refractivity contribution in [2.45, 2.75) is 134 Å². The van der Waals surface area contributed by atoms with E-state index in [1.54, 1.807) is 0 Å². The van der Waals surface area contributed by atoms with Gasteiger partial charge >= 0.3 is 95.3 Å². The van der Waals surface area contributed by atoms with Crippen molar-refractivity contribution in [3.63, 3.8) is 0 Å². The normalized spacial score (nSPS) is 16.3. The average molecular weight is 998 g/mol. The number of hydrogen-bond donors (Lipinski definition) is 0. The van der Waals surface area contributed by atoms with Crippen LogP contribution in [0.3, 0.4) is 0 Å². The van der Waals surface area contributed by atoms with Gasteiger partial charge in [0, 0.05) is 12.8 Å². The van der Waals surface area contributed by atoms with E-state index < -0.39 is 145 Å². The molecule has 0 bridgehead atoms. The van der Waals surface area contributed by atoms with Crippen LogP contribution >= 0.6 is 0 Å². The molecule has 1 aromatic carbocycles. The standard InChI is InChI=1S/C28H16F34/c29-13(30,15(33,34)17(37,38)19(41,42)21(45,46)23(49,50)25(53,54)27(57,58)59)9-3-7-11-5-1-2-6-12(11)8-4-10-14(31,32)16(35,36)18(39,40)20(43,44)22(47,48)24(51,52)26(55,56)28(60,61)62/h1-2,5-6H,3-4,7-10H2. The molecule has 366 valence electrons. The van der Waals surface area contributed by atoms with Gasteiger partial charge in [-0.05, 0) is 36.8 Å². The molecule has 0 aliphatic rings. The first-order chi connectivity index (χ1) is 26.7. The van der Waals surface area contributed by atoms with Crippen LogP contribution in [0.2, 0.25) is 0 Å². The lowest BCUT2D eigenvalue weighted by atomic mass is 9.87. The van der Waals surface area contributed by atoms with E-state index >= 15 is 0 Å². The van der Waals surface area contributed by atoms with Gasteiger partial charge in [0.15, 0.2) is 0 Å². The van der Waals surface area contributed by atoms with Crippen molar-refractivity contribution in [3.05, 3.63) is 35.4 Å². The lowest BCUT2D eigenvalue weighted by Crippen LogP contribution is -2.74. The maximum atomic E-state index is 14.2. The van der Waals surface area contributed by atoms with Gasteiger partial charge in [0.2, 0.25) is 0 Å². The van der Waals surface area contributed by atoms with Crippen LogP contribution in [-0.2, 0) is 12.8 Å². The Morgan fingerprint density at radius 1 is 0.242 bits per heavy atom. The summed E-state index contributed by atoms with van der Waals surface area (Å²) in [5, 5.41) is 0. The molecule has 0 heterocycles. The van der Waals surface area contributed by atoms with Crippen LogP contribution < -0.4 is 0 Å². The van der Waals surface area contributed by atoms with Crippen molar-refractivity contribution in [2.75, 3.05) is 0 Å². The number of rotatable bonds is 20. The lowest BCUT2D eigenvalue weighted by molar-refractivity contribution is -0.461. The van der Waals surface area contributed by atoms with Crippen LogP contribution in [0, 0.1) is 0 Å². The predicted octanol–water partition coefficient (Wildman–Crippen LogP) is 14.4. The molecule has 0 amide bonds. The van der Waals surface area contributed by atoms with Gasteiger partial charge < -0.3 is 0 Å². The Hall–Kier alpha value is -3.16. The SMILES string of the molecule is FC(F)(F)C(F)(F)C(F)(F)C(F)(F)C(F)(F)C(F)(F)C(F)(F)C(F)(F)CCCc1ccccc1CCCC(F)(F)C(F)(F)C(F)(F)C(F)(F)C(F)(F)C(F)(F)C(F)(F)C(F)(F)F. The summed E-state index contributed by atoms with van der Waals surface area (Å²) in [7, 11) is 0. The van der Waals surface area contributed by atoms with E-state index in [2.05, 4.69) is 0 Å². The highest BCUT2D eigenvalue weighted by atomic mass is 19.4. The highest BCUT2D eigenvalue weighted by molar-refractivity contribution is 5.28. The minimum absolute atomic E-state index is 0.540. The van der Waals surface area contributed by atoms with Gasteiger partial charge in [-0.25, -0.2) is 0 Å². The van der Waals surface area contributed by atoms with E-state index in [4.69, 9.17) is 0 Å². The summed E-state index contributed by atoms with van der Waals surface area (Å²) in [5.74, 6) is -117. The van der Waals surface area contributed by atoms with Crippen molar-refractivity contribution in [3.8, 4) is 0 Å². The molecule has 0 fully saturated rings. The van der Waals surface area contributed by atoms with Crippen molar-refractivity contribution < 1.29 is 149 Å². The van der Waals surface area contributed by atoms with Gasteiger partial charge in [0.05, 0.1) is 0 Å². The van der Waals surface area contributed by atoms with Crippen LogP contribution in [0.25, 0.3) is 0 Å². The molecule has 0 aromatic heterocycles. The number of aryl methyl sites for hydroxylation is 2. The molecule has 0 aliphatic carbocycles. The summed E-state index contributed by atoms with van der Waals surface area (Å²) >= 11 is 0. The maximum absolute atomic E-state index is 14.2. The van der Waals surface area contributed by atoms with Gasteiger partial charge in [-0.2, -0.15) is 149 Å². The van der Waals surface area contributed by atoms with Gasteiger partial charge in [0.1, 0.15) is 0 Å². The lowest BCUT2D eigenvalue weighted by Gasteiger charge is -2.42. The monoisotopic (exact) mass is 998 g/mol. The van der Waals surface area contributed by atoms with E-state index in [1.807, 2.05) is 0 Å². The highest BCUT2D eigenvalue weighted by Crippen LogP contribution is 2.66. The molecule has 1 rings (SSSR count). The largest absolute Gasteiger partial charge is 0.460 e. The molecule has 34 heteroatoms. The topological polar surface area (TPSA) is 0 Å². The number of alkyl halides is 34. The molecule has 0 saturated carbocycles. The molecular formula is C28H16F34. The quantitative estimate of drug-likeness (QED) is 0.114. The van der Waals surface area contributed by atoms with Gasteiger partial charge in [0.25, 0.3) is 0 Å². The number of hydrogen-bond acceptors (Lipinski definition) is 0. The van der Waals surface area contributed by atoms with Gasteiger partial charge in [-0.1, -0.05) is 24.3 Å². The van der Waals surface area contributed by atoms with Crippen LogP contribution in [0.1, 0.15) is 36.8 Å². The Balaban J connectivity index is 3.36. The van der Waals surface area contributed by atoms with Crippen LogP contribution in [0.4, 0.5) is 149 Å². The third-order valence-electron chi connectivity index (χ3n) is 8.57. The summed E-state index contributed by atoms with van der Waals surface area (Å²) in [4.78, 5) is 0. The average Bonchev–Trinajstić information content (AvgIpc) is 3.06. The summed E-state index contributed by atoms with van der Waals surface area (Å²) < 4.78 is 458. The molecule has 0 N–H and O–H groups in total. The zero-order chi connectivity index (χ0) is 50.2. The maximum Gasteiger partial charge on any atom is 0.460 e. The fourth-order valence-corrected chi connectivity index (χ4v) is 4.75. The first-order valence-electron chi connectivity index (χ1n) is 15.2. The van der Waals surface area contributed by atoms with E-state index in [9.17, 15) is 149 Å².